The molecule has 2 unspecified atom stereocenters. The van der Waals surface area contributed by atoms with Crippen molar-refractivity contribution in [3.8, 4) is 0 Å². The van der Waals surface area contributed by atoms with Gasteiger partial charge in [-0.1, -0.05) is 19.1 Å². The van der Waals surface area contributed by atoms with Gasteiger partial charge in [-0.05, 0) is 25.7 Å². The summed E-state index contributed by atoms with van der Waals surface area (Å²) in [5, 5.41) is 12.1. The Kier molecular flexibility index (Phi) is 5.17. The molecule has 1 amide bonds. The van der Waals surface area contributed by atoms with E-state index in [1.54, 1.807) is 0 Å². The van der Waals surface area contributed by atoms with Crippen molar-refractivity contribution in [2.75, 3.05) is 13.2 Å². The fourth-order valence-electron chi connectivity index (χ4n) is 3.12. The number of aliphatic carboxylic acids is 1. The molecule has 20 heavy (non-hydrogen) atoms. The molecular weight excluding hydrogens is 258 g/mol. The molecule has 1 saturated heterocycles. The fraction of sp³-hybridized carbons (Fsp3) is 0.733. The van der Waals surface area contributed by atoms with Crippen molar-refractivity contribution in [1.82, 2.24) is 5.32 Å². The Hall–Kier alpha value is -1.36. The average molecular weight is 281 g/mol. The number of amides is 1. The molecule has 1 aliphatic heterocycles. The zero-order chi connectivity index (χ0) is 14.5. The van der Waals surface area contributed by atoms with Crippen LogP contribution in [0.25, 0.3) is 0 Å². The van der Waals surface area contributed by atoms with Crippen LogP contribution in [0.2, 0.25) is 0 Å². The summed E-state index contributed by atoms with van der Waals surface area (Å²) in [5.41, 5.74) is 0. The Bertz CT molecular complexity index is 393. The molecule has 0 saturated carbocycles. The summed E-state index contributed by atoms with van der Waals surface area (Å²) in [7, 11) is 0. The topological polar surface area (TPSA) is 75.6 Å². The minimum absolute atomic E-state index is 0.136. The van der Waals surface area contributed by atoms with E-state index < -0.39 is 17.8 Å². The zero-order valence-electron chi connectivity index (χ0n) is 11.9. The molecule has 1 fully saturated rings. The first kappa shape index (κ1) is 15.0. The number of hydrogen-bond acceptors (Lipinski definition) is 3. The number of carboxylic acids is 1. The van der Waals surface area contributed by atoms with Gasteiger partial charge in [0.15, 0.2) is 0 Å². The predicted molar refractivity (Wildman–Crippen MR) is 74.1 cm³/mol. The normalized spacial score (nSPS) is 33.0. The number of nitrogens with one attached hydrogen (secondary N) is 1. The first-order valence-electron chi connectivity index (χ1n) is 7.40. The lowest BCUT2D eigenvalue weighted by atomic mass is 9.82. The smallest absolute Gasteiger partial charge is 0.307 e. The number of allylic oxidation sites excluding steroid dienone is 2. The van der Waals surface area contributed by atoms with Gasteiger partial charge in [0.2, 0.25) is 5.91 Å². The second kappa shape index (κ2) is 6.88. The molecule has 0 bridgehead atoms. The molecule has 2 rings (SSSR count). The summed E-state index contributed by atoms with van der Waals surface area (Å²) in [6.45, 7) is 3.42. The third-order valence-corrected chi connectivity index (χ3v) is 4.37. The van der Waals surface area contributed by atoms with E-state index in [0.717, 1.165) is 19.4 Å². The summed E-state index contributed by atoms with van der Waals surface area (Å²) >= 11 is 0. The minimum Gasteiger partial charge on any atom is -0.481 e. The molecule has 0 aromatic rings. The maximum absolute atomic E-state index is 12.2. The predicted octanol–water partition coefficient (Wildman–Crippen LogP) is 1.58. The van der Waals surface area contributed by atoms with Crippen LogP contribution in [0.5, 0.6) is 0 Å². The number of carbonyl (C=O) groups is 2. The minimum atomic E-state index is -0.884. The monoisotopic (exact) mass is 281 g/mol. The third kappa shape index (κ3) is 3.39. The molecule has 112 valence electrons. The second-order valence-electron chi connectivity index (χ2n) is 5.61. The van der Waals surface area contributed by atoms with Gasteiger partial charge in [0.25, 0.3) is 0 Å². The van der Waals surface area contributed by atoms with Crippen molar-refractivity contribution in [2.45, 2.75) is 38.7 Å². The molecule has 4 atom stereocenters. The van der Waals surface area contributed by atoms with Gasteiger partial charge in [-0.25, -0.2) is 0 Å². The number of ether oxygens (including phenoxy) is 1. The van der Waals surface area contributed by atoms with E-state index >= 15 is 0 Å². The van der Waals surface area contributed by atoms with Gasteiger partial charge < -0.3 is 15.2 Å². The van der Waals surface area contributed by atoms with Crippen LogP contribution in [-0.4, -0.2) is 36.2 Å². The highest BCUT2D eigenvalue weighted by molar-refractivity contribution is 5.85. The van der Waals surface area contributed by atoms with Crippen molar-refractivity contribution < 1.29 is 19.4 Å². The third-order valence-electron chi connectivity index (χ3n) is 4.37. The molecule has 2 aliphatic rings. The second-order valence-corrected chi connectivity index (χ2v) is 5.61. The lowest BCUT2D eigenvalue weighted by Crippen LogP contribution is -2.41. The Labute approximate surface area is 119 Å². The lowest BCUT2D eigenvalue weighted by Gasteiger charge is -2.25. The van der Waals surface area contributed by atoms with Crippen molar-refractivity contribution >= 4 is 11.9 Å². The molecule has 5 nitrogen and oxygen atoms in total. The van der Waals surface area contributed by atoms with Crippen LogP contribution in [-0.2, 0) is 14.3 Å². The van der Waals surface area contributed by atoms with Crippen molar-refractivity contribution in [3.63, 3.8) is 0 Å². The first-order chi connectivity index (χ1) is 9.63. The Morgan fingerprint density at radius 2 is 2.00 bits per heavy atom. The van der Waals surface area contributed by atoms with Crippen molar-refractivity contribution in [3.05, 3.63) is 12.2 Å². The largest absolute Gasteiger partial charge is 0.481 e. The Morgan fingerprint density at radius 1 is 1.30 bits per heavy atom. The van der Waals surface area contributed by atoms with E-state index in [0.29, 0.717) is 25.3 Å². The van der Waals surface area contributed by atoms with Crippen LogP contribution >= 0.6 is 0 Å². The molecule has 5 heteroatoms. The van der Waals surface area contributed by atoms with Crippen molar-refractivity contribution in [1.29, 1.82) is 0 Å². The van der Waals surface area contributed by atoms with E-state index in [1.165, 1.54) is 0 Å². The Morgan fingerprint density at radius 3 is 2.65 bits per heavy atom. The van der Waals surface area contributed by atoms with Gasteiger partial charge in [-0.2, -0.15) is 0 Å². The Balaban J connectivity index is 1.87. The lowest BCUT2D eigenvalue weighted by molar-refractivity contribution is -0.147. The molecule has 0 spiro atoms. The SMILES string of the molecule is CCC1OCCC1CNC(=O)[C@@H]1CC=CC[C@@H]1C(=O)O. The first-order valence-corrected chi connectivity index (χ1v) is 7.40. The van der Waals surface area contributed by atoms with E-state index in [4.69, 9.17) is 4.74 Å². The van der Waals surface area contributed by atoms with Crippen LogP contribution < -0.4 is 5.32 Å². The van der Waals surface area contributed by atoms with E-state index in [9.17, 15) is 14.7 Å². The quantitative estimate of drug-likeness (QED) is 0.750. The van der Waals surface area contributed by atoms with E-state index in [1.807, 2.05) is 12.2 Å². The van der Waals surface area contributed by atoms with Crippen molar-refractivity contribution in [2.24, 2.45) is 17.8 Å². The van der Waals surface area contributed by atoms with Gasteiger partial charge in [-0.3, -0.25) is 9.59 Å². The molecule has 0 aromatic heterocycles. The fourth-order valence-corrected chi connectivity index (χ4v) is 3.12. The van der Waals surface area contributed by atoms with Crippen LogP contribution in [0, 0.1) is 17.8 Å². The van der Waals surface area contributed by atoms with Crippen LogP contribution in [0.1, 0.15) is 32.6 Å². The van der Waals surface area contributed by atoms with Crippen LogP contribution in [0.15, 0.2) is 12.2 Å². The molecule has 0 aromatic carbocycles. The summed E-state index contributed by atoms with van der Waals surface area (Å²) in [6, 6.07) is 0. The highest BCUT2D eigenvalue weighted by Gasteiger charge is 2.34. The molecule has 2 N–H and O–H groups in total. The average Bonchev–Trinajstić information content (AvgIpc) is 2.92. The van der Waals surface area contributed by atoms with Gasteiger partial charge >= 0.3 is 5.97 Å². The number of carboxylic acid groups (broad SMARTS) is 1. The maximum Gasteiger partial charge on any atom is 0.307 e. The van der Waals surface area contributed by atoms with E-state index in [-0.39, 0.29) is 12.0 Å². The van der Waals surface area contributed by atoms with Gasteiger partial charge in [0, 0.05) is 19.1 Å². The van der Waals surface area contributed by atoms with Crippen LogP contribution in [0.3, 0.4) is 0 Å². The highest BCUT2D eigenvalue weighted by atomic mass is 16.5. The summed E-state index contributed by atoms with van der Waals surface area (Å²) in [4.78, 5) is 23.4. The van der Waals surface area contributed by atoms with E-state index in [2.05, 4.69) is 12.2 Å². The van der Waals surface area contributed by atoms with Gasteiger partial charge in [-0.15, -0.1) is 0 Å². The maximum atomic E-state index is 12.2. The standard InChI is InChI=1S/C15H23NO4/c1-2-13-10(7-8-20-13)9-16-14(17)11-5-3-4-6-12(11)15(18)19/h3-4,10-13H,2,5-9H2,1H3,(H,16,17)(H,18,19)/t10?,11-,12+,13?/m1/s1. The van der Waals surface area contributed by atoms with Gasteiger partial charge in [0.05, 0.1) is 17.9 Å². The number of rotatable bonds is 5. The summed E-state index contributed by atoms with van der Waals surface area (Å²) in [5.74, 6) is -1.71. The molecular formula is C15H23NO4. The number of hydrogen-bond donors (Lipinski definition) is 2. The van der Waals surface area contributed by atoms with Crippen LogP contribution in [0.4, 0.5) is 0 Å². The zero-order valence-corrected chi connectivity index (χ0v) is 11.9. The summed E-state index contributed by atoms with van der Waals surface area (Å²) < 4.78 is 5.60. The molecule has 1 aliphatic carbocycles. The molecule has 0 radical (unpaired) electrons. The number of carbonyl (C=O) groups excluding carboxylic acids is 1. The summed E-state index contributed by atoms with van der Waals surface area (Å²) in [6.07, 6.45) is 6.84. The van der Waals surface area contributed by atoms with Gasteiger partial charge in [0.1, 0.15) is 0 Å². The molecule has 1 heterocycles. The highest BCUT2D eigenvalue weighted by Crippen LogP contribution is 2.27.